The number of halogens is 4. The zero-order valence-corrected chi connectivity index (χ0v) is 18.8. The van der Waals surface area contributed by atoms with E-state index in [1.807, 2.05) is 0 Å². The molecular weight excluding hydrogens is 461 g/mol. The van der Waals surface area contributed by atoms with Crippen molar-refractivity contribution in [3.05, 3.63) is 52.2 Å². The van der Waals surface area contributed by atoms with Gasteiger partial charge in [-0.05, 0) is 45.0 Å². The molecule has 0 N–H and O–H groups in total. The van der Waals surface area contributed by atoms with Gasteiger partial charge in [-0.15, -0.1) is 0 Å². The first kappa shape index (κ1) is 24.4. The lowest BCUT2D eigenvalue weighted by atomic mass is 10.1. The van der Waals surface area contributed by atoms with Gasteiger partial charge in [-0.25, -0.2) is 14.0 Å². The Hall–Kier alpha value is -1.91. The van der Waals surface area contributed by atoms with E-state index in [-0.39, 0.29) is 26.1 Å². The van der Waals surface area contributed by atoms with Crippen molar-refractivity contribution in [1.29, 1.82) is 0 Å². The van der Waals surface area contributed by atoms with Crippen LogP contribution in [-0.4, -0.2) is 33.2 Å². The van der Waals surface area contributed by atoms with Crippen molar-refractivity contribution in [2.75, 3.05) is 7.11 Å². The minimum absolute atomic E-state index is 0.00235. The average Bonchev–Trinajstić information content (AvgIpc) is 2.66. The Morgan fingerprint density at radius 1 is 1.27 bits per heavy atom. The maximum Gasteiger partial charge on any atom is 0.417 e. The standard InChI is InChI=1S/C19H18ClF3N2O3S2/c1-18(2,3)30(27)25-10-12-13(19(21,22)23)7-8-14(20)15(12)29-16-11(17(26)28-4)6-5-9-24-16/h5-10H,1-4H3. The van der Waals surface area contributed by atoms with Gasteiger partial charge >= 0.3 is 12.1 Å². The maximum absolute atomic E-state index is 13.6. The number of methoxy groups -OCH3 is 1. The Labute approximate surface area is 183 Å². The lowest BCUT2D eigenvalue weighted by Crippen LogP contribution is -2.20. The summed E-state index contributed by atoms with van der Waals surface area (Å²) in [6, 6.07) is 4.86. The number of rotatable bonds is 5. The molecule has 1 unspecified atom stereocenters. The fraction of sp³-hybridized carbons (Fsp3) is 0.316. The van der Waals surface area contributed by atoms with Gasteiger partial charge in [-0.2, -0.15) is 17.6 Å². The predicted molar refractivity (Wildman–Crippen MR) is 112 cm³/mol. The van der Waals surface area contributed by atoms with Crippen LogP contribution in [0.5, 0.6) is 0 Å². The molecule has 2 rings (SSSR count). The topological polar surface area (TPSA) is 68.6 Å². The third-order valence-electron chi connectivity index (χ3n) is 3.63. The number of hydrogen-bond acceptors (Lipinski definition) is 5. The molecule has 0 saturated carbocycles. The minimum atomic E-state index is -4.71. The molecule has 1 atom stereocenters. The maximum atomic E-state index is 13.6. The molecule has 11 heteroatoms. The third kappa shape index (κ3) is 5.83. The number of nitrogens with zero attached hydrogens (tertiary/aromatic N) is 2. The van der Waals surface area contributed by atoms with Crippen molar-refractivity contribution in [2.45, 2.75) is 41.6 Å². The summed E-state index contributed by atoms with van der Waals surface area (Å²) in [5, 5.41) is 0.106. The smallest absolute Gasteiger partial charge is 0.417 e. The first-order valence-corrected chi connectivity index (χ1v) is 10.7. The fourth-order valence-corrected chi connectivity index (χ4v) is 3.95. The molecule has 30 heavy (non-hydrogen) atoms. The van der Waals surface area contributed by atoms with Crippen molar-refractivity contribution in [3.8, 4) is 0 Å². The van der Waals surface area contributed by atoms with Gasteiger partial charge in [0.1, 0.15) is 16.0 Å². The van der Waals surface area contributed by atoms with Crippen molar-refractivity contribution in [1.82, 2.24) is 4.98 Å². The third-order valence-corrected chi connectivity index (χ3v) is 6.56. The van der Waals surface area contributed by atoms with Crippen LogP contribution in [0.15, 0.2) is 44.8 Å². The summed E-state index contributed by atoms with van der Waals surface area (Å²) in [6.07, 6.45) is -2.42. The molecule has 5 nitrogen and oxygen atoms in total. The van der Waals surface area contributed by atoms with Crippen LogP contribution in [-0.2, 0) is 21.9 Å². The summed E-state index contributed by atoms with van der Waals surface area (Å²) >= 11 is 6.97. The number of carbonyl (C=O) groups is 1. The summed E-state index contributed by atoms with van der Waals surface area (Å²) < 4.78 is 60.9. The number of hydrogen-bond donors (Lipinski definition) is 0. The van der Waals surface area contributed by atoms with E-state index < -0.39 is 33.4 Å². The summed E-state index contributed by atoms with van der Waals surface area (Å²) in [5.41, 5.74) is -1.29. The zero-order valence-electron chi connectivity index (χ0n) is 16.4. The van der Waals surface area contributed by atoms with Gasteiger partial charge in [0.05, 0.1) is 28.0 Å². The quantitative estimate of drug-likeness (QED) is 0.415. The predicted octanol–water partition coefficient (Wildman–Crippen LogP) is 5.57. The van der Waals surface area contributed by atoms with Crippen LogP contribution in [0.3, 0.4) is 0 Å². The minimum Gasteiger partial charge on any atom is -0.465 e. The Balaban J connectivity index is 2.67. The number of benzene rings is 1. The Morgan fingerprint density at radius 3 is 2.50 bits per heavy atom. The highest BCUT2D eigenvalue weighted by Gasteiger charge is 2.35. The number of esters is 1. The molecule has 162 valence electrons. The molecular formula is C19H18ClF3N2O3S2. The van der Waals surface area contributed by atoms with E-state index in [0.717, 1.165) is 30.1 Å². The molecule has 0 spiro atoms. The number of ether oxygens (including phenoxy) is 1. The molecule has 0 radical (unpaired) electrons. The normalized spacial score (nSPS) is 13.5. The lowest BCUT2D eigenvalue weighted by molar-refractivity contribution is -0.137. The highest BCUT2D eigenvalue weighted by molar-refractivity contribution is 7.99. The van der Waals surface area contributed by atoms with Gasteiger partial charge in [-0.3, -0.25) is 0 Å². The molecule has 0 saturated heterocycles. The van der Waals surface area contributed by atoms with Crippen LogP contribution < -0.4 is 0 Å². The van der Waals surface area contributed by atoms with Gasteiger partial charge < -0.3 is 4.74 Å². The van der Waals surface area contributed by atoms with Crippen molar-refractivity contribution >= 4 is 46.5 Å². The van der Waals surface area contributed by atoms with Gasteiger partial charge in [0, 0.05) is 22.9 Å². The lowest BCUT2D eigenvalue weighted by Gasteiger charge is -2.17. The van der Waals surface area contributed by atoms with Crippen molar-refractivity contribution < 1.29 is 26.9 Å². The van der Waals surface area contributed by atoms with Gasteiger partial charge in [0.25, 0.3) is 0 Å². The summed E-state index contributed by atoms with van der Waals surface area (Å²) in [6.45, 7) is 4.94. The molecule has 0 amide bonds. The first-order valence-electron chi connectivity index (χ1n) is 8.43. The molecule has 0 aliphatic carbocycles. The number of alkyl halides is 3. The molecule has 0 bridgehead atoms. The van der Waals surface area contributed by atoms with E-state index in [9.17, 15) is 22.2 Å². The highest BCUT2D eigenvalue weighted by atomic mass is 35.5. The highest BCUT2D eigenvalue weighted by Crippen LogP contribution is 2.42. The number of pyridine rings is 1. The van der Waals surface area contributed by atoms with Gasteiger partial charge in [0.15, 0.2) is 0 Å². The van der Waals surface area contributed by atoms with Crippen molar-refractivity contribution in [3.63, 3.8) is 0 Å². The summed E-state index contributed by atoms with van der Waals surface area (Å²) in [7, 11) is -0.606. The van der Waals surface area contributed by atoms with E-state index in [1.54, 1.807) is 20.8 Å². The van der Waals surface area contributed by atoms with E-state index in [1.165, 1.54) is 25.4 Å². The van der Waals surface area contributed by atoms with E-state index in [0.29, 0.717) is 0 Å². The number of carbonyl (C=O) groups excluding carboxylic acids is 1. The van der Waals surface area contributed by atoms with Crippen LogP contribution in [0.25, 0.3) is 0 Å². The van der Waals surface area contributed by atoms with Crippen LogP contribution in [0.1, 0.15) is 42.3 Å². The first-order chi connectivity index (χ1) is 13.9. The van der Waals surface area contributed by atoms with E-state index in [2.05, 4.69) is 9.38 Å². The largest absolute Gasteiger partial charge is 0.465 e. The number of aromatic nitrogens is 1. The summed E-state index contributed by atoms with van der Waals surface area (Å²) in [4.78, 5) is 16.0. The van der Waals surface area contributed by atoms with Crippen LogP contribution in [0, 0.1) is 0 Å². The van der Waals surface area contributed by atoms with E-state index >= 15 is 0 Å². The van der Waals surface area contributed by atoms with Crippen LogP contribution >= 0.6 is 23.4 Å². The Bertz CT molecular complexity index is 1010. The van der Waals surface area contributed by atoms with Gasteiger partial charge in [-0.1, -0.05) is 23.4 Å². The second-order valence-electron chi connectivity index (χ2n) is 6.88. The SMILES string of the molecule is COC(=O)c1cccnc1Sc1c(Cl)ccc(C(F)(F)F)c1C=NS(=O)C(C)(C)C. The molecule has 1 aromatic carbocycles. The van der Waals surface area contributed by atoms with Crippen LogP contribution in [0.2, 0.25) is 5.02 Å². The van der Waals surface area contributed by atoms with Gasteiger partial charge in [0.2, 0.25) is 0 Å². The average molecular weight is 479 g/mol. The summed E-state index contributed by atoms with van der Waals surface area (Å²) in [5.74, 6) is -0.697. The second kappa shape index (κ2) is 9.49. The second-order valence-corrected chi connectivity index (χ2v) is 10.2. The van der Waals surface area contributed by atoms with Crippen molar-refractivity contribution in [2.24, 2.45) is 4.40 Å². The Morgan fingerprint density at radius 2 is 1.93 bits per heavy atom. The molecule has 0 aliphatic heterocycles. The molecule has 0 fully saturated rings. The molecule has 2 aromatic rings. The van der Waals surface area contributed by atoms with E-state index in [4.69, 9.17) is 16.3 Å². The zero-order chi connectivity index (χ0) is 22.7. The Kier molecular flexibility index (Phi) is 7.70. The van der Waals surface area contributed by atoms with Crippen LogP contribution in [0.4, 0.5) is 13.2 Å². The molecule has 0 aliphatic rings. The fourth-order valence-electron chi connectivity index (χ4n) is 2.14. The molecule has 1 heterocycles. The molecule has 1 aromatic heterocycles. The monoisotopic (exact) mass is 478 g/mol.